The van der Waals surface area contributed by atoms with E-state index in [1.165, 1.54) is 0 Å². The zero-order valence-corrected chi connectivity index (χ0v) is 20.9. The lowest BCUT2D eigenvalue weighted by Crippen LogP contribution is -2.39. The molecular weight excluding hydrogens is 460 g/mol. The van der Waals surface area contributed by atoms with Crippen LogP contribution in [0.2, 0.25) is 0 Å². The van der Waals surface area contributed by atoms with E-state index in [2.05, 4.69) is 4.90 Å². The molecule has 1 atom stereocenters. The molecule has 8 heteroatoms. The van der Waals surface area contributed by atoms with Crippen LogP contribution in [-0.2, 0) is 14.3 Å². The number of hydrogen-bond acceptors (Lipinski definition) is 7. The van der Waals surface area contributed by atoms with Crippen molar-refractivity contribution in [3.8, 4) is 11.5 Å². The number of aliphatic hydroxyl groups is 1. The molecule has 0 aromatic heterocycles. The summed E-state index contributed by atoms with van der Waals surface area (Å²) >= 11 is 0. The Morgan fingerprint density at radius 1 is 1.06 bits per heavy atom. The van der Waals surface area contributed by atoms with Gasteiger partial charge in [-0.05, 0) is 30.5 Å². The van der Waals surface area contributed by atoms with Gasteiger partial charge in [0.15, 0.2) is 11.5 Å². The van der Waals surface area contributed by atoms with Crippen molar-refractivity contribution in [3.63, 3.8) is 0 Å². The van der Waals surface area contributed by atoms with Crippen molar-refractivity contribution in [1.29, 1.82) is 0 Å². The molecule has 1 N–H and O–H groups in total. The van der Waals surface area contributed by atoms with E-state index in [1.54, 1.807) is 48.4 Å². The van der Waals surface area contributed by atoms with Crippen molar-refractivity contribution >= 4 is 17.4 Å². The maximum Gasteiger partial charge on any atom is 0.295 e. The van der Waals surface area contributed by atoms with Gasteiger partial charge in [-0.1, -0.05) is 43.3 Å². The highest BCUT2D eigenvalue weighted by Crippen LogP contribution is 2.42. The first kappa shape index (κ1) is 25.7. The number of Topliss-reactive ketones (excluding diaryl/α,β-unsaturated/α-hetero) is 1. The van der Waals surface area contributed by atoms with Crippen LogP contribution in [0, 0.1) is 0 Å². The van der Waals surface area contributed by atoms with Crippen LogP contribution in [-0.4, -0.2) is 79.7 Å². The van der Waals surface area contributed by atoms with Crippen molar-refractivity contribution in [3.05, 3.63) is 65.2 Å². The highest BCUT2D eigenvalue weighted by atomic mass is 16.5. The fourth-order valence-electron chi connectivity index (χ4n) is 4.68. The molecule has 2 saturated heterocycles. The molecule has 8 nitrogen and oxygen atoms in total. The predicted octanol–water partition coefficient (Wildman–Crippen LogP) is 3.63. The molecule has 0 saturated carbocycles. The molecule has 1 amide bonds. The second kappa shape index (κ2) is 12.1. The summed E-state index contributed by atoms with van der Waals surface area (Å²) in [5.41, 5.74) is 1.25. The lowest BCUT2D eigenvalue weighted by atomic mass is 9.95. The molecule has 0 spiro atoms. The summed E-state index contributed by atoms with van der Waals surface area (Å²) in [6.45, 7) is 6.86. The molecule has 2 aliphatic rings. The highest BCUT2D eigenvalue weighted by molar-refractivity contribution is 6.46. The zero-order chi connectivity index (χ0) is 25.5. The van der Waals surface area contributed by atoms with Gasteiger partial charge in [0.1, 0.15) is 5.76 Å². The molecule has 36 heavy (non-hydrogen) atoms. The molecule has 2 aromatic carbocycles. The van der Waals surface area contributed by atoms with E-state index >= 15 is 0 Å². The number of carbonyl (C=O) groups is 2. The van der Waals surface area contributed by atoms with Crippen molar-refractivity contribution in [2.75, 3.05) is 53.1 Å². The number of carbonyl (C=O) groups excluding carboxylic acids is 2. The summed E-state index contributed by atoms with van der Waals surface area (Å²) in [5, 5.41) is 11.2. The number of ketones is 1. The lowest BCUT2D eigenvalue weighted by Gasteiger charge is -2.29. The molecule has 2 heterocycles. The summed E-state index contributed by atoms with van der Waals surface area (Å²) in [5.74, 6) is -0.363. The maximum atomic E-state index is 13.2. The van der Waals surface area contributed by atoms with Crippen LogP contribution >= 0.6 is 0 Å². The van der Waals surface area contributed by atoms with Gasteiger partial charge < -0.3 is 24.2 Å². The van der Waals surface area contributed by atoms with E-state index in [-0.39, 0.29) is 11.3 Å². The molecule has 0 aliphatic carbocycles. The van der Waals surface area contributed by atoms with Crippen LogP contribution in [0.3, 0.4) is 0 Å². The minimum atomic E-state index is -0.732. The first-order valence-corrected chi connectivity index (χ1v) is 12.5. The average Bonchev–Trinajstić information content (AvgIpc) is 3.17. The van der Waals surface area contributed by atoms with E-state index in [0.29, 0.717) is 55.4 Å². The van der Waals surface area contributed by atoms with Gasteiger partial charge in [0.05, 0.1) is 38.5 Å². The molecule has 2 aromatic rings. The van der Waals surface area contributed by atoms with E-state index in [9.17, 15) is 14.7 Å². The first-order chi connectivity index (χ1) is 17.5. The van der Waals surface area contributed by atoms with E-state index in [0.717, 1.165) is 26.1 Å². The van der Waals surface area contributed by atoms with Gasteiger partial charge in [-0.3, -0.25) is 14.5 Å². The Hall–Kier alpha value is -3.36. The standard InChI is InChI=1S/C28H34N2O6/c1-3-16-36-22-11-10-21(19-23(22)34-2)25-24(26(31)20-8-5-4-6-9-20)27(32)28(33)30(25)13-7-12-29-14-17-35-18-15-29/h4-6,8-11,19,25,31H,3,7,12-18H2,1-2H3/b26-24+/t25-/m0/s1. The number of amides is 1. The average molecular weight is 495 g/mol. The SMILES string of the molecule is CCCOc1ccc([C@H]2/C(=C(\O)c3ccccc3)C(=O)C(=O)N2CCCN2CCOCC2)cc1OC. The number of hydrogen-bond donors (Lipinski definition) is 1. The third kappa shape index (κ3) is 5.55. The summed E-state index contributed by atoms with van der Waals surface area (Å²) in [4.78, 5) is 30.3. The van der Waals surface area contributed by atoms with Gasteiger partial charge in [-0.25, -0.2) is 0 Å². The summed E-state index contributed by atoms with van der Waals surface area (Å²) in [6, 6.07) is 13.5. The Morgan fingerprint density at radius 3 is 2.50 bits per heavy atom. The number of benzene rings is 2. The molecule has 0 bridgehead atoms. The number of rotatable bonds is 10. The molecule has 0 radical (unpaired) electrons. The van der Waals surface area contributed by atoms with E-state index < -0.39 is 17.7 Å². The summed E-state index contributed by atoms with van der Waals surface area (Å²) in [6.07, 6.45) is 1.55. The van der Waals surface area contributed by atoms with Crippen LogP contribution < -0.4 is 9.47 Å². The third-order valence-electron chi connectivity index (χ3n) is 6.53. The minimum absolute atomic E-state index is 0.0850. The Kier molecular flexibility index (Phi) is 8.61. The minimum Gasteiger partial charge on any atom is -0.507 e. The number of aliphatic hydroxyl groups excluding tert-OH is 1. The second-order valence-corrected chi connectivity index (χ2v) is 8.92. The van der Waals surface area contributed by atoms with Gasteiger partial charge in [-0.15, -0.1) is 0 Å². The van der Waals surface area contributed by atoms with Crippen LogP contribution in [0.15, 0.2) is 54.1 Å². The van der Waals surface area contributed by atoms with Crippen LogP contribution in [0.5, 0.6) is 11.5 Å². The maximum absolute atomic E-state index is 13.2. The normalized spacial score (nSPS) is 20.1. The zero-order valence-electron chi connectivity index (χ0n) is 20.9. The number of morpholine rings is 1. The quantitative estimate of drug-likeness (QED) is 0.307. The van der Waals surface area contributed by atoms with Crippen LogP contribution in [0.4, 0.5) is 0 Å². The number of methoxy groups -OCH3 is 1. The molecular formula is C28H34N2O6. The topological polar surface area (TPSA) is 88.5 Å². The van der Waals surface area contributed by atoms with E-state index in [4.69, 9.17) is 14.2 Å². The molecule has 0 unspecified atom stereocenters. The van der Waals surface area contributed by atoms with Crippen molar-refractivity contribution in [2.45, 2.75) is 25.8 Å². The van der Waals surface area contributed by atoms with Crippen molar-refractivity contribution in [1.82, 2.24) is 9.80 Å². The van der Waals surface area contributed by atoms with Gasteiger partial charge >= 0.3 is 0 Å². The Bertz CT molecular complexity index is 1090. The van der Waals surface area contributed by atoms with Crippen LogP contribution in [0.25, 0.3) is 5.76 Å². The smallest absolute Gasteiger partial charge is 0.295 e. The first-order valence-electron chi connectivity index (χ1n) is 12.5. The molecule has 4 rings (SSSR count). The van der Waals surface area contributed by atoms with Gasteiger partial charge in [0.25, 0.3) is 11.7 Å². The van der Waals surface area contributed by atoms with E-state index in [1.807, 2.05) is 19.1 Å². The van der Waals surface area contributed by atoms with Crippen molar-refractivity contribution in [2.24, 2.45) is 0 Å². The lowest BCUT2D eigenvalue weighted by molar-refractivity contribution is -0.140. The highest BCUT2D eigenvalue weighted by Gasteiger charge is 2.46. The largest absolute Gasteiger partial charge is 0.507 e. The fourth-order valence-corrected chi connectivity index (χ4v) is 4.68. The third-order valence-corrected chi connectivity index (χ3v) is 6.53. The van der Waals surface area contributed by atoms with Gasteiger partial charge in [0.2, 0.25) is 0 Å². The van der Waals surface area contributed by atoms with Crippen molar-refractivity contribution < 1.29 is 28.9 Å². The van der Waals surface area contributed by atoms with Gasteiger partial charge in [0, 0.05) is 31.7 Å². The number of likely N-dealkylation sites (tertiary alicyclic amines) is 1. The van der Waals surface area contributed by atoms with Gasteiger partial charge in [-0.2, -0.15) is 0 Å². The Labute approximate surface area is 212 Å². The number of ether oxygens (including phenoxy) is 3. The van der Waals surface area contributed by atoms with Crippen LogP contribution in [0.1, 0.15) is 36.9 Å². The Morgan fingerprint density at radius 2 is 1.81 bits per heavy atom. The second-order valence-electron chi connectivity index (χ2n) is 8.92. The Balaban J connectivity index is 1.69. The summed E-state index contributed by atoms with van der Waals surface area (Å²) < 4.78 is 16.8. The fraction of sp³-hybridized carbons (Fsp3) is 0.429. The number of nitrogens with zero attached hydrogens (tertiary/aromatic N) is 2. The predicted molar refractivity (Wildman–Crippen MR) is 136 cm³/mol. The summed E-state index contributed by atoms with van der Waals surface area (Å²) in [7, 11) is 1.56. The molecule has 2 fully saturated rings. The molecule has 2 aliphatic heterocycles. The monoisotopic (exact) mass is 494 g/mol. The molecule has 192 valence electrons.